The van der Waals surface area contributed by atoms with Gasteiger partial charge in [0, 0.05) is 0 Å². The smallest absolute Gasteiger partial charge is 0.0175 e. The van der Waals surface area contributed by atoms with Gasteiger partial charge in [0.05, 0.1) is 0 Å². The summed E-state index contributed by atoms with van der Waals surface area (Å²) in [5.74, 6) is 8.39. The van der Waals surface area contributed by atoms with Gasteiger partial charge < -0.3 is 0 Å². The molecule has 20 heavy (non-hydrogen) atoms. The maximum Gasteiger partial charge on any atom is -0.0175 e. The molecule has 0 nitrogen and oxygen atoms in total. The maximum atomic E-state index is 2.58. The summed E-state index contributed by atoms with van der Waals surface area (Å²) in [6.45, 7) is 14.9. The third kappa shape index (κ3) is 2.08. The first-order valence-electron chi connectivity index (χ1n) is 9.46. The monoisotopic (exact) mass is 276 g/mol. The Morgan fingerprint density at radius 3 is 2.25 bits per heavy atom. The van der Waals surface area contributed by atoms with Crippen LogP contribution in [0.25, 0.3) is 0 Å². The molecular weight excluding hydrogens is 240 g/mol. The Balaban J connectivity index is 1.49. The van der Waals surface area contributed by atoms with E-state index in [0.29, 0.717) is 0 Å². The van der Waals surface area contributed by atoms with Gasteiger partial charge in [-0.2, -0.15) is 0 Å². The van der Waals surface area contributed by atoms with Crippen LogP contribution in [0.4, 0.5) is 0 Å². The molecule has 0 aromatic rings. The summed E-state index contributed by atoms with van der Waals surface area (Å²) < 4.78 is 0. The zero-order chi connectivity index (χ0) is 14.7. The lowest BCUT2D eigenvalue weighted by Crippen LogP contribution is -2.21. The van der Waals surface area contributed by atoms with Gasteiger partial charge in [0.15, 0.2) is 0 Å². The molecule has 0 aliphatic heterocycles. The Morgan fingerprint density at radius 2 is 1.75 bits per heavy atom. The first-order valence-corrected chi connectivity index (χ1v) is 9.46. The number of fused-ring (bicyclic) bond motifs is 1. The highest BCUT2D eigenvalue weighted by Crippen LogP contribution is 2.90. The average Bonchev–Trinajstić information content (AvgIpc) is 3.32. The molecule has 3 rings (SSSR count). The lowest BCUT2D eigenvalue weighted by atomic mass is 9.77. The molecule has 3 saturated carbocycles. The summed E-state index contributed by atoms with van der Waals surface area (Å²) in [4.78, 5) is 0. The van der Waals surface area contributed by atoms with E-state index in [2.05, 4.69) is 41.5 Å². The molecule has 0 amide bonds. The lowest BCUT2D eigenvalue weighted by molar-refractivity contribution is 0.208. The summed E-state index contributed by atoms with van der Waals surface area (Å²) in [5.41, 5.74) is 0.817. The number of hydrogen-bond donors (Lipinski definition) is 0. The van der Waals surface area contributed by atoms with Crippen molar-refractivity contribution in [2.24, 2.45) is 52.8 Å². The van der Waals surface area contributed by atoms with Crippen molar-refractivity contribution in [1.29, 1.82) is 0 Å². The van der Waals surface area contributed by atoms with E-state index in [-0.39, 0.29) is 0 Å². The first-order chi connectivity index (χ1) is 9.46. The van der Waals surface area contributed by atoms with Crippen LogP contribution in [0.5, 0.6) is 0 Å². The van der Waals surface area contributed by atoms with Crippen LogP contribution < -0.4 is 0 Å². The predicted molar refractivity (Wildman–Crippen MR) is 87.5 cm³/mol. The van der Waals surface area contributed by atoms with Crippen LogP contribution >= 0.6 is 0 Å². The second-order valence-corrected chi connectivity index (χ2v) is 8.92. The minimum absolute atomic E-state index is 0.817. The lowest BCUT2D eigenvalue weighted by Gasteiger charge is -2.27. The van der Waals surface area contributed by atoms with E-state index in [0.717, 1.165) is 52.8 Å². The molecule has 3 fully saturated rings. The fourth-order valence-electron chi connectivity index (χ4n) is 6.09. The highest BCUT2D eigenvalue weighted by atomic mass is 14.9. The molecule has 0 saturated heterocycles. The molecule has 3 aliphatic rings. The Labute approximate surface area is 127 Å². The fourth-order valence-corrected chi connectivity index (χ4v) is 6.09. The summed E-state index contributed by atoms with van der Waals surface area (Å²) in [7, 11) is 0. The number of rotatable bonds is 8. The van der Waals surface area contributed by atoms with Crippen LogP contribution in [-0.4, -0.2) is 0 Å². The van der Waals surface area contributed by atoms with E-state index in [1.165, 1.54) is 32.1 Å². The molecule has 9 unspecified atom stereocenters. The largest absolute Gasteiger partial charge is 0.0651 e. The predicted octanol–water partition coefficient (Wildman–Crippen LogP) is 6.01. The standard InChI is InChI=1S/C20H36/c1-7-12(2)9-8-10-14(4)20-16(6)19(20)18(20)15(5)17-11-13(17)3/h12-19H,7-11H2,1-6H3. The van der Waals surface area contributed by atoms with Crippen molar-refractivity contribution in [1.82, 2.24) is 0 Å². The van der Waals surface area contributed by atoms with Crippen molar-refractivity contribution in [2.75, 3.05) is 0 Å². The van der Waals surface area contributed by atoms with Crippen LogP contribution in [0, 0.1) is 52.8 Å². The second kappa shape index (κ2) is 5.03. The number of hydrogen-bond acceptors (Lipinski definition) is 0. The van der Waals surface area contributed by atoms with Crippen molar-refractivity contribution in [3.8, 4) is 0 Å². The molecule has 0 N–H and O–H groups in total. The average molecular weight is 277 g/mol. The van der Waals surface area contributed by atoms with Gasteiger partial charge in [-0.3, -0.25) is 0 Å². The molecule has 0 heteroatoms. The Bertz CT molecular complexity index is 359. The Morgan fingerprint density at radius 1 is 1.10 bits per heavy atom. The zero-order valence-corrected chi connectivity index (χ0v) is 14.7. The van der Waals surface area contributed by atoms with E-state index in [4.69, 9.17) is 0 Å². The third-order valence-corrected chi connectivity index (χ3v) is 7.95. The van der Waals surface area contributed by atoms with E-state index >= 15 is 0 Å². The Hall–Kier alpha value is 0. The molecule has 0 radical (unpaired) electrons. The minimum Gasteiger partial charge on any atom is -0.0651 e. The molecule has 0 heterocycles. The van der Waals surface area contributed by atoms with Crippen LogP contribution in [0.3, 0.4) is 0 Å². The summed E-state index contributed by atoms with van der Waals surface area (Å²) in [6.07, 6.45) is 7.30. The van der Waals surface area contributed by atoms with Gasteiger partial charge >= 0.3 is 0 Å². The van der Waals surface area contributed by atoms with E-state index in [1.807, 2.05) is 0 Å². The molecule has 0 aromatic heterocycles. The van der Waals surface area contributed by atoms with Crippen LogP contribution in [-0.2, 0) is 0 Å². The minimum atomic E-state index is 0.817. The van der Waals surface area contributed by atoms with Crippen LogP contribution in [0.2, 0.25) is 0 Å². The molecule has 3 aliphatic carbocycles. The highest BCUT2D eigenvalue weighted by Gasteiger charge is 2.86. The normalized spacial score (nSPS) is 49.2. The van der Waals surface area contributed by atoms with Gasteiger partial charge in [-0.1, -0.05) is 67.2 Å². The topological polar surface area (TPSA) is 0 Å². The van der Waals surface area contributed by atoms with Gasteiger partial charge in [-0.05, 0) is 59.2 Å². The zero-order valence-electron chi connectivity index (χ0n) is 14.7. The highest BCUT2D eigenvalue weighted by molar-refractivity contribution is 5.32. The van der Waals surface area contributed by atoms with E-state index in [1.54, 1.807) is 0 Å². The third-order valence-electron chi connectivity index (χ3n) is 7.95. The SMILES string of the molecule is CCC(C)CCCC(C)C12C(C)C1C2C(C)C1CC1C. The second-order valence-electron chi connectivity index (χ2n) is 8.92. The van der Waals surface area contributed by atoms with Crippen molar-refractivity contribution >= 4 is 0 Å². The summed E-state index contributed by atoms with van der Waals surface area (Å²) >= 11 is 0. The van der Waals surface area contributed by atoms with Crippen molar-refractivity contribution in [3.05, 3.63) is 0 Å². The fraction of sp³-hybridized carbons (Fsp3) is 1.00. The molecule has 0 aromatic carbocycles. The Kier molecular flexibility index (Phi) is 3.75. The van der Waals surface area contributed by atoms with Crippen LogP contribution in [0.15, 0.2) is 0 Å². The van der Waals surface area contributed by atoms with Crippen molar-refractivity contribution in [3.63, 3.8) is 0 Å². The van der Waals surface area contributed by atoms with Gasteiger partial charge in [0.1, 0.15) is 0 Å². The van der Waals surface area contributed by atoms with Crippen LogP contribution in [0.1, 0.15) is 73.6 Å². The first kappa shape index (κ1) is 14.9. The molecule has 9 atom stereocenters. The van der Waals surface area contributed by atoms with E-state index in [9.17, 15) is 0 Å². The molecular formula is C20H36. The molecule has 116 valence electrons. The van der Waals surface area contributed by atoms with Gasteiger partial charge in [-0.25, -0.2) is 0 Å². The maximum absolute atomic E-state index is 2.58. The molecule has 0 spiro atoms. The summed E-state index contributed by atoms with van der Waals surface area (Å²) in [6, 6.07) is 0. The van der Waals surface area contributed by atoms with E-state index < -0.39 is 0 Å². The van der Waals surface area contributed by atoms with Crippen molar-refractivity contribution < 1.29 is 0 Å². The van der Waals surface area contributed by atoms with Gasteiger partial charge in [-0.15, -0.1) is 0 Å². The quantitative estimate of drug-likeness (QED) is 0.509. The van der Waals surface area contributed by atoms with Gasteiger partial charge in [0.25, 0.3) is 0 Å². The van der Waals surface area contributed by atoms with Crippen molar-refractivity contribution in [2.45, 2.75) is 73.6 Å². The summed E-state index contributed by atoms with van der Waals surface area (Å²) in [5, 5.41) is 0. The van der Waals surface area contributed by atoms with Gasteiger partial charge in [0.2, 0.25) is 0 Å². The molecule has 0 bridgehead atoms.